The number of nitrogens with zero attached hydrogens (tertiary/aromatic N) is 3. The summed E-state index contributed by atoms with van der Waals surface area (Å²) in [5, 5.41) is 17.6. The minimum absolute atomic E-state index is 0.142. The lowest BCUT2D eigenvalue weighted by Gasteiger charge is -2.17. The maximum atomic E-state index is 12.3. The summed E-state index contributed by atoms with van der Waals surface area (Å²) in [6.07, 6.45) is 0. The fraction of sp³-hybridized carbons (Fsp3) is 0.118. The molecule has 0 heterocycles. The molecule has 4 heteroatoms. The van der Waals surface area contributed by atoms with Crippen molar-refractivity contribution in [3.05, 3.63) is 70.8 Å². The van der Waals surface area contributed by atoms with Crippen molar-refractivity contribution >= 4 is 5.91 Å². The Morgan fingerprint density at radius 2 is 1.71 bits per heavy atom. The average molecular weight is 275 g/mol. The van der Waals surface area contributed by atoms with Crippen molar-refractivity contribution in [3.8, 4) is 12.1 Å². The molecule has 0 aromatic heterocycles. The molecule has 102 valence electrons. The highest BCUT2D eigenvalue weighted by Gasteiger charge is 2.12. The second-order valence-corrected chi connectivity index (χ2v) is 4.66. The van der Waals surface area contributed by atoms with Crippen molar-refractivity contribution in [1.82, 2.24) is 4.90 Å². The zero-order valence-electron chi connectivity index (χ0n) is 11.6. The van der Waals surface area contributed by atoms with Crippen molar-refractivity contribution in [2.24, 2.45) is 0 Å². The Bertz CT molecular complexity index is 736. The molecule has 0 saturated heterocycles. The lowest BCUT2D eigenvalue weighted by atomic mass is 10.1. The van der Waals surface area contributed by atoms with Gasteiger partial charge in [0.05, 0.1) is 23.3 Å². The van der Waals surface area contributed by atoms with E-state index in [0.717, 1.165) is 5.56 Å². The van der Waals surface area contributed by atoms with Gasteiger partial charge in [-0.15, -0.1) is 0 Å². The van der Waals surface area contributed by atoms with E-state index in [4.69, 9.17) is 10.5 Å². The zero-order valence-corrected chi connectivity index (χ0v) is 11.6. The lowest BCUT2D eigenvalue weighted by Crippen LogP contribution is -2.26. The van der Waals surface area contributed by atoms with Crippen LogP contribution in [-0.2, 0) is 6.54 Å². The molecule has 0 spiro atoms. The van der Waals surface area contributed by atoms with Crippen molar-refractivity contribution in [2.75, 3.05) is 7.05 Å². The van der Waals surface area contributed by atoms with Crippen molar-refractivity contribution in [1.29, 1.82) is 10.5 Å². The number of carbonyl (C=O) groups excluding carboxylic acids is 1. The lowest BCUT2D eigenvalue weighted by molar-refractivity contribution is 0.0785. The van der Waals surface area contributed by atoms with Crippen LogP contribution in [0.4, 0.5) is 0 Å². The second kappa shape index (κ2) is 6.36. The van der Waals surface area contributed by atoms with Gasteiger partial charge in [-0.3, -0.25) is 4.79 Å². The molecular weight excluding hydrogens is 262 g/mol. The van der Waals surface area contributed by atoms with E-state index in [0.29, 0.717) is 23.2 Å². The molecule has 0 atom stereocenters. The number of rotatable bonds is 3. The monoisotopic (exact) mass is 275 g/mol. The molecule has 0 bridgehead atoms. The summed E-state index contributed by atoms with van der Waals surface area (Å²) in [5.41, 5.74) is 2.49. The Hall–Kier alpha value is -3.11. The maximum absolute atomic E-state index is 12.3. The van der Waals surface area contributed by atoms with Gasteiger partial charge in [-0.1, -0.05) is 18.2 Å². The summed E-state index contributed by atoms with van der Waals surface area (Å²) in [6, 6.07) is 17.8. The summed E-state index contributed by atoms with van der Waals surface area (Å²) in [4.78, 5) is 13.9. The van der Waals surface area contributed by atoms with Gasteiger partial charge >= 0.3 is 0 Å². The maximum Gasteiger partial charge on any atom is 0.253 e. The molecule has 1 amide bonds. The predicted octanol–water partition coefficient (Wildman–Crippen LogP) is 2.70. The number of nitriles is 2. The number of carbonyl (C=O) groups is 1. The van der Waals surface area contributed by atoms with E-state index in [2.05, 4.69) is 6.07 Å². The number of benzene rings is 2. The highest BCUT2D eigenvalue weighted by atomic mass is 16.2. The van der Waals surface area contributed by atoms with Crippen LogP contribution in [0, 0.1) is 22.7 Å². The first-order valence-electron chi connectivity index (χ1n) is 6.38. The predicted molar refractivity (Wildman–Crippen MR) is 78.1 cm³/mol. The van der Waals surface area contributed by atoms with Crippen LogP contribution >= 0.6 is 0 Å². The molecular formula is C17H13N3O. The fourth-order valence-corrected chi connectivity index (χ4v) is 1.97. The number of hydrogen-bond donors (Lipinski definition) is 0. The van der Waals surface area contributed by atoms with E-state index in [9.17, 15) is 4.79 Å². The van der Waals surface area contributed by atoms with Gasteiger partial charge < -0.3 is 4.90 Å². The number of amides is 1. The molecule has 0 N–H and O–H groups in total. The molecule has 0 aliphatic heterocycles. The highest BCUT2D eigenvalue weighted by molar-refractivity contribution is 5.94. The summed E-state index contributed by atoms with van der Waals surface area (Å²) >= 11 is 0. The molecule has 0 saturated carbocycles. The Morgan fingerprint density at radius 1 is 1.05 bits per heavy atom. The van der Waals surface area contributed by atoms with E-state index in [-0.39, 0.29) is 5.91 Å². The standard InChI is InChI=1S/C17H13N3O/c1-20(12-14-7-5-13(10-18)6-8-14)17(21)16-4-2-3-15(9-16)11-19/h2-9H,12H2,1H3. The fourth-order valence-electron chi connectivity index (χ4n) is 1.97. The van der Waals surface area contributed by atoms with Gasteiger partial charge in [-0.25, -0.2) is 0 Å². The van der Waals surface area contributed by atoms with Gasteiger partial charge in [0.15, 0.2) is 0 Å². The SMILES string of the molecule is CN(Cc1ccc(C#N)cc1)C(=O)c1cccc(C#N)c1. The Kier molecular flexibility index (Phi) is 4.33. The first kappa shape index (κ1) is 14.3. The average Bonchev–Trinajstić information content (AvgIpc) is 2.54. The van der Waals surface area contributed by atoms with Crippen LogP contribution in [0.15, 0.2) is 48.5 Å². The minimum atomic E-state index is -0.142. The molecule has 21 heavy (non-hydrogen) atoms. The van der Waals surface area contributed by atoms with Gasteiger partial charge in [0, 0.05) is 19.2 Å². The highest BCUT2D eigenvalue weighted by Crippen LogP contribution is 2.11. The van der Waals surface area contributed by atoms with Crippen LogP contribution in [0.3, 0.4) is 0 Å². The van der Waals surface area contributed by atoms with E-state index < -0.39 is 0 Å². The van der Waals surface area contributed by atoms with Crippen molar-refractivity contribution in [2.45, 2.75) is 6.54 Å². The van der Waals surface area contributed by atoms with Crippen LogP contribution in [0.25, 0.3) is 0 Å². The van der Waals surface area contributed by atoms with E-state index in [1.54, 1.807) is 48.3 Å². The van der Waals surface area contributed by atoms with Crippen LogP contribution in [0.1, 0.15) is 27.0 Å². The number of hydrogen-bond acceptors (Lipinski definition) is 3. The van der Waals surface area contributed by atoms with Gasteiger partial charge in [0.2, 0.25) is 0 Å². The van der Waals surface area contributed by atoms with Crippen LogP contribution < -0.4 is 0 Å². The van der Waals surface area contributed by atoms with Gasteiger partial charge in [-0.2, -0.15) is 10.5 Å². The molecule has 0 unspecified atom stereocenters. The smallest absolute Gasteiger partial charge is 0.253 e. The van der Waals surface area contributed by atoms with Crippen molar-refractivity contribution < 1.29 is 4.79 Å². The van der Waals surface area contributed by atoms with Crippen LogP contribution in [0.2, 0.25) is 0 Å². The molecule has 0 aliphatic carbocycles. The zero-order chi connectivity index (χ0) is 15.2. The third-order valence-corrected chi connectivity index (χ3v) is 3.09. The van der Waals surface area contributed by atoms with E-state index in [1.165, 1.54) is 0 Å². The molecule has 2 rings (SSSR count). The third kappa shape index (κ3) is 3.46. The third-order valence-electron chi connectivity index (χ3n) is 3.09. The van der Waals surface area contributed by atoms with Crippen LogP contribution in [-0.4, -0.2) is 17.9 Å². The summed E-state index contributed by atoms with van der Waals surface area (Å²) in [5.74, 6) is -0.142. The molecule has 0 fully saturated rings. The Labute approximate surface area is 123 Å². The van der Waals surface area contributed by atoms with Crippen molar-refractivity contribution in [3.63, 3.8) is 0 Å². The topological polar surface area (TPSA) is 67.9 Å². The van der Waals surface area contributed by atoms with Gasteiger partial charge in [0.1, 0.15) is 0 Å². The normalized spacial score (nSPS) is 9.48. The molecule has 2 aromatic rings. The van der Waals surface area contributed by atoms with Gasteiger partial charge in [0.25, 0.3) is 5.91 Å². The molecule has 2 aromatic carbocycles. The van der Waals surface area contributed by atoms with E-state index >= 15 is 0 Å². The first-order chi connectivity index (χ1) is 10.1. The van der Waals surface area contributed by atoms with Gasteiger partial charge in [-0.05, 0) is 35.9 Å². The molecule has 4 nitrogen and oxygen atoms in total. The summed E-state index contributed by atoms with van der Waals surface area (Å²) in [7, 11) is 1.71. The quantitative estimate of drug-likeness (QED) is 0.864. The Balaban J connectivity index is 2.12. The Morgan fingerprint density at radius 3 is 2.33 bits per heavy atom. The second-order valence-electron chi connectivity index (χ2n) is 4.66. The summed E-state index contributed by atoms with van der Waals surface area (Å²) < 4.78 is 0. The summed E-state index contributed by atoms with van der Waals surface area (Å²) in [6.45, 7) is 0.446. The molecule has 0 aliphatic rings. The largest absolute Gasteiger partial charge is 0.337 e. The van der Waals surface area contributed by atoms with E-state index in [1.807, 2.05) is 18.2 Å². The molecule has 0 radical (unpaired) electrons. The minimum Gasteiger partial charge on any atom is -0.337 e. The van der Waals surface area contributed by atoms with Crippen LogP contribution in [0.5, 0.6) is 0 Å². The first-order valence-corrected chi connectivity index (χ1v) is 6.38.